The summed E-state index contributed by atoms with van der Waals surface area (Å²) < 4.78 is 26.6. The van der Waals surface area contributed by atoms with Gasteiger partial charge in [0.2, 0.25) is 15.9 Å². The third-order valence-electron chi connectivity index (χ3n) is 6.44. The molecule has 0 aromatic heterocycles. The molecule has 4 rings (SSSR count). The number of aryl methyl sites for hydroxylation is 1. The minimum absolute atomic E-state index is 0.133. The summed E-state index contributed by atoms with van der Waals surface area (Å²) in [6.45, 7) is 3.71. The van der Waals surface area contributed by atoms with Gasteiger partial charge in [0.15, 0.2) is 0 Å². The molecule has 0 aliphatic carbocycles. The Morgan fingerprint density at radius 1 is 1.00 bits per heavy atom. The van der Waals surface area contributed by atoms with Crippen molar-refractivity contribution in [3.05, 3.63) is 76.7 Å². The Morgan fingerprint density at radius 3 is 2.29 bits per heavy atom. The van der Waals surface area contributed by atoms with Gasteiger partial charge in [0, 0.05) is 31.6 Å². The number of sulfonamides is 1. The van der Waals surface area contributed by atoms with Crippen molar-refractivity contribution in [1.29, 1.82) is 0 Å². The molecule has 2 saturated heterocycles. The molecule has 184 valence electrons. The van der Waals surface area contributed by atoms with Gasteiger partial charge in [-0.2, -0.15) is 4.31 Å². The van der Waals surface area contributed by atoms with Gasteiger partial charge in [-0.05, 0) is 36.6 Å². The van der Waals surface area contributed by atoms with E-state index >= 15 is 0 Å². The molecule has 2 heterocycles. The second kappa shape index (κ2) is 9.63. The average Bonchev–Trinajstić information content (AvgIpc) is 3.07. The Balaban J connectivity index is 1.37. The first-order chi connectivity index (χ1) is 16.6. The number of nitrogens with zero attached hydrogens (tertiary/aromatic N) is 3. The largest absolute Gasteiger partial charge is 0.338 e. The summed E-state index contributed by atoms with van der Waals surface area (Å²) in [6, 6.07) is 15.8. The van der Waals surface area contributed by atoms with Crippen LogP contribution >= 0.6 is 0 Å². The van der Waals surface area contributed by atoms with Crippen LogP contribution < -0.4 is 5.32 Å². The molecule has 1 unspecified atom stereocenters. The summed E-state index contributed by atoms with van der Waals surface area (Å²) in [5.41, 5.74) is 1.06. The molecule has 0 radical (unpaired) electrons. The zero-order chi connectivity index (χ0) is 25.2. The van der Waals surface area contributed by atoms with E-state index in [0.29, 0.717) is 5.56 Å². The highest BCUT2D eigenvalue weighted by Crippen LogP contribution is 2.31. The number of rotatable bonds is 6. The topological polar surface area (TPSA) is 107 Å². The van der Waals surface area contributed by atoms with Crippen molar-refractivity contribution >= 4 is 33.9 Å². The Bertz CT molecular complexity index is 1270. The highest BCUT2D eigenvalue weighted by molar-refractivity contribution is 7.92. The van der Waals surface area contributed by atoms with Crippen molar-refractivity contribution < 1.29 is 22.8 Å². The van der Waals surface area contributed by atoms with Crippen molar-refractivity contribution in [2.75, 3.05) is 32.7 Å². The first-order valence-electron chi connectivity index (χ1n) is 11.3. The van der Waals surface area contributed by atoms with Crippen LogP contribution in [0.2, 0.25) is 0 Å². The van der Waals surface area contributed by atoms with Gasteiger partial charge in [-0.1, -0.05) is 54.6 Å². The highest BCUT2D eigenvalue weighted by atomic mass is 32.2. The lowest BCUT2D eigenvalue weighted by Gasteiger charge is -2.34. The monoisotopic (exact) mass is 496 g/mol. The molecule has 2 fully saturated rings. The molecule has 2 aliphatic heterocycles. The van der Waals surface area contributed by atoms with Crippen LogP contribution in [0.1, 0.15) is 23.6 Å². The average molecular weight is 497 g/mol. The number of urea groups is 1. The maximum Gasteiger partial charge on any atom is 0.325 e. The molecule has 2 aromatic rings. The first-order valence-corrected chi connectivity index (χ1v) is 12.8. The quantitative estimate of drug-likeness (QED) is 0.615. The second-order valence-corrected chi connectivity index (χ2v) is 10.6. The van der Waals surface area contributed by atoms with Crippen molar-refractivity contribution in [3.63, 3.8) is 0 Å². The van der Waals surface area contributed by atoms with E-state index in [1.807, 2.05) is 49.4 Å². The molecule has 0 bridgehead atoms. The fourth-order valence-corrected chi connectivity index (χ4v) is 5.57. The lowest BCUT2D eigenvalue weighted by molar-refractivity contribution is -0.139. The molecular formula is C25H28N4O5S. The van der Waals surface area contributed by atoms with Crippen LogP contribution in [0.3, 0.4) is 0 Å². The summed E-state index contributed by atoms with van der Waals surface area (Å²) in [4.78, 5) is 41.1. The van der Waals surface area contributed by atoms with Crippen molar-refractivity contribution in [3.8, 4) is 0 Å². The number of piperazine rings is 1. The Hall–Kier alpha value is -3.50. The molecule has 1 atom stereocenters. The summed E-state index contributed by atoms with van der Waals surface area (Å²) >= 11 is 0. The third-order valence-corrected chi connectivity index (χ3v) is 8.00. The van der Waals surface area contributed by atoms with Crippen LogP contribution in [0, 0.1) is 6.92 Å². The maximum absolute atomic E-state index is 13.2. The second-order valence-electron chi connectivity index (χ2n) is 8.80. The first kappa shape index (κ1) is 24.6. The number of hydrogen-bond donors (Lipinski definition) is 1. The van der Waals surface area contributed by atoms with Crippen LogP contribution in [0.25, 0.3) is 6.08 Å². The summed E-state index contributed by atoms with van der Waals surface area (Å²) in [5, 5.41) is 3.89. The zero-order valence-corrected chi connectivity index (χ0v) is 20.5. The maximum atomic E-state index is 13.2. The van der Waals surface area contributed by atoms with E-state index in [4.69, 9.17) is 0 Å². The van der Waals surface area contributed by atoms with Crippen LogP contribution in [0.5, 0.6) is 0 Å². The number of amides is 4. The van der Waals surface area contributed by atoms with Gasteiger partial charge < -0.3 is 10.2 Å². The lowest BCUT2D eigenvalue weighted by Crippen LogP contribution is -2.53. The van der Waals surface area contributed by atoms with E-state index in [1.54, 1.807) is 19.1 Å². The fraction of sp³-hybridized carbons (Fsp3) is 0.320. The molecule has 2 aliphatic rings. The van der Waals surface area contributed by atoms with Gasteiger partial charge in [-0.3, -0.25) is 14.5 Å². The molecule has 0 saturated carbocycles. The van der Waals surface area contributed by atoms with Crippen molar-refractivity contribution in [2.24, 2.45) is 0 Å². The van der Waals surface area contributed by atoms with Crippen LogP contribution in [0.15, 0.2) is 60.0 Å². The molecule has 35 heavy (non-hydrogen) atoms. The van der Waals surface area contributed by atoms with Crippen LogP contribution in [-0.2, 0) is 25.2 Å². The fourth-order valence-electron chi connectivity index (χ4n) is 4.40. The molecule has 10 heteroatoms. The molecule has 9 nitrogen and oxygen atoms in total. The summed E-state index contributed by atoms with van der Waals surface area (Å²) in [7, 11) is -3.63. The zero-order valence-electron chi connectivity index (χ0n) is 19.7. The van der Waals surface area contributed by atoms with Crippen LogP contribution in [-0.4, -0.2) is 73.1 Å². The van der Waals surface area contributed by atoms with Crippen molar-refractivity contribution in [2.45, 2.75) is 19.4 Å². The van der Waals surface area contributed by atoms with Gasteiger partial charge in [-0.25, -0.2) is 13.2 Å². The third kappa shape index (κ3) is 4.98. The van der Waals surface area contributed by atoms with Crippen molar-refractivity contribution in [1.82, 2.24) is 19.4 Å². The van der Waals surface area contributed by atoms with Gasteiger partial charge in [0.25, 0.3) is 5.91 Å². The van der Waals surface area contributed by atoms with Gasteiger partial charge in [0.1, 0.15) is 12.1 Å². The number of imide groups is 1. The predicted octanol–water partition coefficient (Wildman–Crippen LogP) is 1.91. The van der Waals surface area contributed by atoms with E-state index in [-0.39, 0.29) is 26.2 Å². The van der Waals surface area contributed by atoms with E-state index in [0.717, 1.165) is 16.0 Å². The Morgan fingerprint density at radius 2 is 1.63 bits per heavy atom. The number of carbonyl (C=O) groups excluding carboxylic acids is 3. The summed E-state index contributed by atoms with van der Waals surface area (Å²) in [5.74, 6) is -0.892. The van der Waals surface area contributed by atoms with E-state index in [2.05, 4.69) is 5.32 Å². The number of hydrogen-bond acceptors (Lipinski definition) is 5. The molecular weight excluding hydrogens is 468 g/mol. The molecule has 1 N–H and O–H groups in total. The Labute approximate surface area is 205 Å². The number of carbonyl (C=O) groups is 3. The van der Waals surface area contributed by atoms with Gasteiger partial charge >= 0.3 is 6.03 Å². The smallest absolute Gasteiger partial charge is 0.325 e. The molecule has 2 aromatic carbocycles. The summed E-state index contributed by atoms with van der Waals surface area (Å²) in [6.07, 6.45) is 1.54. The standard InChI is InChI=1S/C25H28N4O5S/c1-19-8-6-7-11-21(19)25(2)23(31)29(24(32)26-25)18-22(30)27-13-15-28(16-14-27)35(33,34)17-12-20-9-4-3-5-10-20/h3-12,17H,13-16,18H2,1-2H3,(H,26,32)/b17-12+. The highest BCUT2D eigenvalue weighted by Gasteiger charge is 2.50. The molecule has 0 spiro atoms. The lowest BCUT2D eigenvalue weighted by atomic mass is 9.88. The van der Waals surface area contributed by atoms with E-state index < -0.39 is 40.0 Å². The minimum atomic E-state index is -3.63. The van der Waals surface area contributed by atoms with Gasteiger partial charge in [-0.15, -0.1) is 0 Å². The van der Waals surface area contributed by atoms with Crippen LogP contribution in [0.4, 0.5) is 4.79 Å². The minimum Gasteiger partial charge on any atom is -0.338 e. The van der Waals surface area contributed by atoms with E-state index in [9.17, 15) is 22.8 Å². The SMILES string of the molecule is Cc1ccccc1C1(C)NC(=O)N(CC(=O)N2CCN(S(=O)(=O)/C=C/c3ccccc3)CC2)C1=O. The van der Waals surface area contributed by atoms with Gasteiger partial charge in [0.05, 0.1) is 0 Å². The predicted molar refractivity (Wildman–Crippen MR) is 131 cm³/mol. The Kier molecular flexibility index (Phi) is 6.77. The van der Waals surface area contributed by atoms with E-state index in [1.165, 1.54) is 20.7 Å². The molecule has 4 amide bonds. The number of nitrogens with one attached hydrogen (secondary N) is 1. The normalized spacial score (nSPS) is 21.5. The number of benzene rings is 2.